The average Bonchev–Trinajstić information content (AvgIpc) is 3.18. The summed E-state index contributed by atoms with van der Waals surface area (Å²) in [5.41, 5.74) is 1.65. The van der Waals surface area contributed by atoms with Crippen LogP contribution < -0.4 is 9.47 Å². The van der Waals surface area contributed by atoms with Crippen molar-refractivity contribution in [2.75, 3.05) is 6.79 Å². The third-order valence-corrected chi connectivity index (χ3v) is 2.89. The molecule has 19 heavy (non-hydrogen) atoms. The molecule has 94 valence electrons. The number of H-pyrrole nitrogens is 1. The molecule has 1 aliphatic rings. The number of rotatable bonds is 2. The van der Waals surface area contributed by atoms with Gasteiger partial charge in [-0.1, -0.05) is 0 Å². The molecule has 0 unspecified atom stereocenters. The topological polar surface area (TPSA) is 77.9 Å². The van der Waals surface area contributed by atoms with E-state index < -0.39 is 0 Å². The molecule has 1 N–H and O–H groups in total. The van der Waals surface area contributed by atoms with Crippen LogP contribution in [0.4, 0.5) is 0 Å². The van der Waals surface area contributed by atoms with Crippen LogP contribution in [0.5, 0.6) is 11.5 Å². The molecule has 3 heterocycles. The lowest BCUT2D eigenvalue weighted by molar-refractivity contribution is 0.174. The van der Waals surface area contributed by atoms with Gasteiger partial charge in [0.2, 0.25) is 6.79 Å². The number of aromatic amines is 1. The molecule has 4 rings (SSSR count). The molecule has 0 aliphatic carbocycles. The Kier molecular flexibility index (Phi) is 2.05. The van der Waals surface area contributed by atoms with Gasteiger partial charge < -0.3 is 9.47 Å². The van der Waals surface area contributed by atoms with Gasteiger partial charge in [-0.2, -0.15) is 10.2 Å². The predicted molar refractivity (Wildman–Crippen MR) is 65.1 cm³/mol. The summed E-state index contributed by atoms with van der Waals surface area (Å²) in [7, 11) is 0. The number of benzene rings is 1. The summed E-state index contributed by atoms with van der Waals surface area (Å²) in [4.78, 5) is 4.24. The lowest BCUT2D eigenvalue weighted by Gasteiger charge is -2.05. The van der Waals surface area contributed by atoms with Gasteiger partial charge in [-0.3, -0.25) is 5.10 Å². The number of hydrogen-bond acceptors (Lipinski definition) is 5. The highest BCUT2D eigenvalue weighted by atomic mass is 16.7. The second-order valence-corrected chi connectivity index (χ2v) is 4.00. The number of nitrogens with zero attached hydrogens (tertiary/aromatic N) is 4. The van der Waals surface area contributed by atoms with E-state index in [-0.39, 0.29) is 6.79 Å². The van der Waals surface area contributed by atoms with Gasteiger partial charge in [0.15, 0.2) is 17.3 Å². The lowest BCUT2D eigenvalue weighted by atomic mass is 10.2. The molecule has 0 amide bonds. The standard InChI is InChI=1S/C12H9N5O2/c1-2-10-11(19-7-18-10)5-8(1)17-12(13-6-15-17)9-3-4-14-16-9/h1-6H,7H2,(H,14,16). The van der Waals surface area contributed by atoms with Crippen LogP contribution in [0.1, 0.15) is 0 Å². The number of aromatic nitrogens is 5. The maximum atomic E-state index is 5.36. The molecule has 7 heteroatoms. The fraction of sp³-hybridized carbons (Fsp3) is 0.0833. The summed E-state index contributed by atoms with van der Waals surface area (Å²) in [5.74, 6) is 2.15. The minimum Gasteiger partial charge on any atom is -0.454 e. The number of nitrogens with one attached hydrogen (secondary N) is 1. The van der Waals surface area contributed by atoms with Crippen molar-refractivity contribution < 1.29 is 9.47 Å². The van der Waals surface area contributed by atoms with Gasteiger partial charge in [0.1, 0.15) is 12.0 Å². The Morgan fingerprint density at radius 2 is 2.11 bits per heavy atom. The molecule has 0 bridgehead atoms. The van der Waals surface area contributed by atoms with Crippen LogP contribution in [0, 0.1) is 0 Å². The van der Waals surface area contributed by atoms with E-state index in [2.05, 4.69) is 20.3 Å². The highest BCUT2D eigenvalue weighted by molar-refractivity contribution is 5.55. The Balaban J connectivity index is 1.83. The maximum Gasteiger partial charge on any atom is 0.231 e. The van der Waals surface area contributed by atoms with Gasteiger partial charge >= 0.3 is 0 Å². The van der Waals surface area contributed by atoms with Crippen LogP contribution >= 0.6 is 0 Å². The summed E-state index contributed by atoms with van der Waals surface area (Å²) >= 11 is 0. The Morgan fingerprint density at radius 3 is 3.00 bits per heavy atom. The average molecular weight is 255 g/mol. The van der Waals surface area contributed by atoms with Gasteiger partial charge in [-0.15, -0.1) is 0 Å². The fourth-order valence-corrected chi connectivity index (χ4v) is 2.01. The van der Waals surface area contributed by atoms with Crippen LogP contribution in [0.2, 0.25) is 0 Å². The quantitative estimate of drug-likeness (QED) is 0.748. The van der Waals surface area contributed by atoms with Crippen molar-refractivity contribution in [1.82, 2.24) is 25.0 Å². The molecule has 2 aromatic heterocycles. The molecule has 1 aliphatic heterocycles. The van der Waals surface area contributed by atoms with Crippen molar-refractivity contribution in [3.05, 3.63) is 36.8 Å². The minimum absolute atomic E-state index is 0.254. The number of ether oxygens (including phenoxy) is 2. The molecule has 3 aromatic rings. The first-order chi connectivity index (χ1) is 9.42. The van der Waals surface area contributed by atoms with Crippen LogP contribution in [0.3, 0.4) is 0 Å². The van der Waals surface area contributed by atoms with Crippen molar-refractivity contribution in [2.45, 2.75) is 0 Å². The first kappa shape index (κ1) is 10.1. The molecule has 7 nitrogen and oxygen atoms in total. The smallest absolute Gasteiger partial charge is 0.231 e. The van der Waals surface area contributed by atoms with Crippen molar-refractivity contribution >= 4 is 0 Å². The summed E-state index contributed by atoms with van der Waals surface area (Å²) < 4.78 is 12.4. The van der Waals surface area contributed by atoms with Gasteiger partial charge in [0.25, 0.3) is 0 Å². The van der Waals surface area contributed by atoms with E-state index in [0.717, 1.165) is 17.1 Å². The Hall–Kier alpha value is -2.83. The minimum atomic E-state index is 0.254. The number of hydrogen-bond donors (Lipinski definition) is 1. The second kappa shape index (κ2) is 3.84. The fourth-order valence-electron chi connectivity index (χ4n) is 2.01. The molecule has 0 saturated heterocycles. The summed E-state index contributed by atoms with van der Waals surface area (Å²) in [6.45, 7) is 0.254. The molecule has 0 saturated carbocycles. The molecule has 0 fully saturated rings. The van der Waals surface area contributed by atoms with Crippen molar-refractivity contribution in [3.8, 4) is 28.7 Å². The zero-order valence-electron chi connectivity index (χ0n) is 9.78. The molecule has 0 radical (unpaired) electrons. The van der Waals surface area contributed by atoms with Gasteiger partial charge in [0, 0.05) is 12.3 Å². The molecule has 0 spiro atoms. The SMILES string of the molecule is c1cc(-c2ncnn2-c2ccc3c(c2)OCO3)[nH]n1. The second-order valence-electron chi connectivity index (χ2n) is 4.00. The first-order valence-electron chi connectivity index (χ1n) is 5.71. The first-order valence-corrected chi connectivity index (χ1v) is 5.71. The Bertz CT molecular complexity index is 720. The van der Waals surface area contributed by atoms with Gasteiger partial charge in [-0.25, -0.2) is 9.67 Å². The van der Waals surface area contributed by atoms with Crippen molar-refractivity contribution in [3.63, 3.8) is 0 Å². The van der Waals surface area contributed by atoms with E-state index in [1.807, 2.05) is 24.3 Å². The molecule has 0 atom stereocenters. The Labute approximate surface area is 107 Å². The normalized spacial score (nSPS) is 12.8. The van der Waals surface area contributed by atoms with Gasteiger partial charge in [-0.05, 0) is 18.2 Å². The van der Waals surface area contributed by atoms with Crippen LogP contribution in [0.25, 0.3) is 17.2 Å². The monoisotopic (exact) mass is 255 g/mol. The third-order valence-electron chi connectivity index (χ3n) is 2.89. The van der Waals surface area contributed by atoms with E-state index in [1.54, 1.807) is 10.9 Å². The van der Waals surface area contributed by atoms with E-state index >= 15 is 0 Å². The Morgan fingerprint density at radius 1 is 1.16 bits per heavy atom. The summed E-state index contributed by atoms with van der Waals surface area (Å²) in [6, 6.07) is 7.47. The molecular weight excluding hydrogens is 246 g/mol. The van der Waals surface area contributed by atoms with E-state index in [4.69, 9.17) is 9.47 Å². The largest absolute Gasteiger partial charge is 0.454 e. The van der Waals surface area contributed by atoms with Crippen molar-refractivity contribution in [1.29, 1.82) is 0 Å². The highest BCUT2D eigenvalue weighted by Crippen LogP contribution is 2.34. The maximum absolute atomic E-state index is 5.36. The van der Waals surface area contributed by atoms with Crippen LogP contribution in [-0.4, -0.2) is 31.8 Å². The highest BCUT2D eigenvalue weighted by Gasteiger charge is 2.16. The van der Waals surface area contributed by atoms with Crippen molar-refractivity contribution in [2.24, 2.45) is 0 Å². The molecular formula is C12H9N5O2. The van der Waals surface area contributed by atoms with E-state index in [1.165, 1.54) is 6.33 Å². The van der Waals surface area contributed by atoms with Gasteiger partial charge in [0.05, 0.1) is 5.69 Å². The van der Waals surface area contributed by atoms with Crippen LogP contribution in [0.15, 0.2) is 36.8 Å². The van der Waals surface area contributed by atoms with E-state index in [0.29, 0.717) is 11.6 Å². The predicted octanol–water partition coefficient (Wildman–Crippen LogP) is 1.39. The summed E-state index contributed by atoms with van der Waals surface area (Å²) in [5, 5.41) is 11.0. The summed E-state index contributed by atoms with van der Waals surface area (Å²) in [6.07, 6.45) is 3.18. The lowest BCUT2D eigenvalue weighted by Crippen LogP contribution is -1.99. The van der Waals surface area contributed by atoms with Crippen LogP contribution in [-0.2, 0) is 0 Å². The third kappa shape index (κ3) is 1.55. The zero-order chi connectivity index (χ0) is 12.7. The zero-order valence-corrected chi connectivity index (χ0v) is 9.78. The van der Waals surface area contributed by atoms with E-state index in [9.17, 15) is 0 Å². The molecule has 1 aromatic carbocycles. The number of fused-ring (bicyclic) bond motifs is 1.